The molecule has 4 heteroatoms. The average molecular weight is 272 g/mol. The molecular weight excluding hydrogens is 255 g/mol. The summed E-state index contributed by atoms with van der Waals surface area (Å²) in [5.41, 5.74) is 8.10. The van der Waals surface area contributed by atoms with Gasteiger partial charge in [0, 0.05) is 11.3 Å². The molecule has 2 aromatic rings. The largest absolute Gasteiger partial charge is 0.330 e. The van der Waals surface area contributed by atoms with Crippen LogP contribution in [0.25, 0.3) is 0 Å². The molecule has 0 radical (unpaired) electrons. The Hall–Kier alpha value is -2.20. The van der Waals surface area contributed by atoms with Crippen LogP contribution in [0.1, 0.15) is 21.5 Å². The first-order valence-electron chi connectivity index (χ1n) is 6.46. The van der Waals surface area contributed by atoms with E-state index in [4.69, 9.17) is 5.73 Å². The molecule has 20 heavy (non-hydrogen) atoms. The maximum atomic E-state index is 13.4. The van der Waals surface area contributed by atoms with Crippen LogP contribution in [-0.2, 0) is 6.42 Å². The summed E-state index contributed by atoms with van der Waals surface area (Å²) in [5.74, 6) is -0.702. The van der Waals surface area contributed by atoms with Crippen LogP contribution in [0.4, 0.5) is 10.1 Å². The van der Waals surface area contributed by atoms with Crippen LogP contribution in [0, 0.1) is 12.7 Å². The fourth-order valence-electron chi connectivity index (χ4n) is 1.86. The molecule has 0 unspecified atom stereocenters. The van der Waals surface area contributed by atoms with Gasteiger partial charge in [-0.2, -0.15) is 0 Å². The van der Waals surface area contributed by atoms with Crippen molar-refractivity contribution < 1.29 is 9.18 Å². The summed E-state index contributed by atoms with van der Waals surface area (Å²) in [6.45, 7) is 2.25. The van der Waals surface area contributed by atoms with Crippen molar-refractivity contribution in [1.82, 2.24) is 0 Å². The van der Waals surface area contributed by atoms with Gasteiger partial charge in [-0.3, -0.25) is 4.79 Å². The fraction of sp³-hybridized carbons (Fsp3) is 0.188. The summed E-state index contributed by atoms with van der Waals surface area (Å²) >= 11 is 0. The molecule has 0 aliphatic carbocycles. The third kappa shape index (κ3) is 3.42. The molecule has 1 amide bonds. The van der Waals surface area contributed by atoms with Gasteiger partial charge in [0.1, 0.15) is 5.82 Å². The zero-order chi connectivity index (χ0) is 14.5. The van der Waals surface area contributed by atoms with E-state index in [2.05, 4.69) is 5.32 Å². The number of carbonyl (C=O) groups excluding carboxylic acids is 1. The minimum atomic E-state index is -0.379. The van der Waals surface area contributed by atoms with Gasteiger partial charge in [0.05, 0.1) is 0 Å². The van der Waals surface area contributed by atoms with Crippen molar-refractivity contribution in [2.24, 2.45) is 5.73 Å². The number of nitrogens with two attached hydrogens (primary N) is 1. The Balaban J connectivity index is 2.08. The van der Waals surface area contributed by atoms with Gasteiger partial charge in [-0.25, -0.2) is 4.39 Å². The van der Waals surface area contributed by atoms with E-state index in [0.717, 1.165) is 12.0 Å². The molecule has 0 saturated heterocycles. The third-order valence-electron chi connectivity index (χ3n) is 3.08. The molecule has 2 rings (SSSR count). The third-order valence-corrected chi connectivity index (χ3v) is 3.08. The highest BCUT2D eigenvalue weighted by Crippen LogP contribution is 2.14. The van der Waals surface area contributed by atoms with E-state index in [9.17, 15) is 9.18 Å². The van der Waals surface area contributed by atoms with Gasteiger partial charge in [-0.1, -0.05) is 18.2 Å². The van der Waals surface area contributed by atoms with Gasteiger partial charge in [0.2, 0.25) is 0 Å². The number of anilines is 1. The second-order valence-electron chi connectivity index (χ2n) is 4.65. The molecule has 0 heterocycles. The lowest BCUT2D eigenvalue weighted by Gasteiger charge is -2.07. The zero-order valence-corrected chi connectivity index (χ0v) is 11.3. The highest BCUT2D eigenvalue weighted by atomic mass is 19.1. The monoisotopic (exact) mass is 272 g/mol. The summed E-state index contributed by atoms with van der Waals surface area (Å²) in [6, 6.07) is 11.9. The molecular formula is C16H17FN2O. The summed E-state index contributed by atoms with van der Waals surface area (Å²) < 4.78 is 13.4. The van der Waals surface area contributed by atoms with Gasteiger partial charge >= 0.3 is 0 Å². The maximum absolute atomic E-state index is 13.4. The number of halogens is 1. The minimum Gasteiger partial charge on any atom is -0.330 e. The molecule has 104 valence electrons. The van der Waals surface area contributed by atoms with Gasteiger partial charge in [0.25, 0.3) is 5.91 Å². The molecule has 3 N–H and O–H groups in total. The minimum absolute atomic E-state index is 0.305. The lowest BCUT2D eigenvalue weighted by atomic mass is 10.1. The van der Waals surface area contributed by atoms with Crippen molar-refractivity contribution in [1.29, 1.82) is 0 Å². The van der Waals surface area contributed by atoms with Gasteiger partial charge in [-0.15, -0.1) is 0 Å². The topological polar surface area (TPSA) is 55.1 Å². The maximum Gasteiger partial charge on any atom is 0.255 e. The van der Waals surface area contributed by atoms with Gasteiger partial charge in [-0.05, 0) is 55.3 Å². The van der Waals surface area contributed by atoms with Gasteiger partial charge in [0.15, 0.2) is 0 Å². The quantitative estimate of drug-likeness (QED) is 0.899. The summed E-state index contributed by atoms with van der Waals surface area (Å²) in [4.78, 5) is 12.0. The molecule has 0 spiro atoms. The number of carbonyl (C=O) groups is 1. The Morgan fingerprint density at radius 2 is 1.90 bits per heavy atom. The number of nitrogens with one attached hydrogen (secondary N) is 1. The van der Waals surface area contributed by atoms with Crippen LogP contribution in [0.15, 0.2) is 42.5 Å². The van der Waals surface area contributed by atoms with Crippen LogP contribution >= 0.6 is 0 Å². The molecule has 2 aromatic carbocycles. The molecule has 0 bridgehead atoms. The predicted molar refractivity (Wildman–Crippen MR) is 78.3 cm³/mol. The first-order chi connectivity index (χ1) is 9.60. The van der Waals surface area contributed by atoms with Crippen molar-refractivity contribution in [3.05, 3.63) is 65.0 Å². The molecule has 0 atom stereocenters. The van der Waals surface area contributed by atoms with E-state index in [1.54, 1.807) is 19.1 Å². The first-order valence-corrected chi connectivity index (χ1v) is 6.46. The average Bonchev–Trinajstić information content (AvgIpc) is 2.44. The second kappa shape index (κ2) is 6.30. The van der Waals surface area contributed by atoms with Gasteiger partial charge < -0.3 is 11.1 Å². The number of hydrogen-bond acceptors (Lipinski definition) is 2. The molecule has 0 aliphatic heterocycles. The summed E-state index contributed by atoms with van der Waals surface area (Å²) in [5, 5.41) is 2.74. The lowest BCUT2D eigenvalue weighted by molar-refractivity contribution is 0.102. The lowest BCUT2D eigenvalue weighted by Crippen LogP contribution is -2.12. The fourth-order valence-corrected chi connectivity index (χ4v) is 1.86. The molecule has 0 aliphatic rings. The SMILES string of the molecule is Cc1ccc(C(=O)Nc2ccc(CCN)cc2)cc1F. The van der Waals surface area contributed by atoms with Crippen LogP contribution in [0.3, 0.4) is 0 Å². The van der Waals surface area contributed by atoms with Crippen molar-refractivity contribution in [2.75, 3.05) is 11.9 Å². The summed E-state index contributed by atoms with van der Waals surface area (Å²) in [6.07, 6.45) is 0.803. The molecule has 0 fully saturated rings. The van der Waals surface area contributed by atoms with Crippen LogP contribution in [0.5, 0.6) is 0 Å². The standard InChI is InChI=1S/C16H17FN2O/c1-11-2-5-13(10-15(11)17)16(20)19-14-6-3-12(4-7-14)8-9-18/h2-7,10H,8-9,18H2,1H3,(H,19,20). The van der Waals surface area contributed by atoms with Crippen molar-refractivity contribution >= 4 is 11.6 Å². The normalized spacial score (nSPS) is 10.3. The van der Waals surface area contributed by atoms with E-state index < -0.39 is 0 Å². The molecule has 3 nitrogen and oxygen atoms in total. The van der Waals surface area contributed by atoms with Crippen LogP contribution < -0.4 is 11.1 Å². The highest BCUT2D eigenvalue weighted by Gasteiger charge is 2.08. The van der Waals surface area contributed by atoms with E-state index in [1.807, 2.05) is 24.3 Å². The smallest absolute Gasteiger partial charge is 0.255 e. The molecule has 0 aromatic heterocycles. The van der Waals surface area contributed by atoms with E-state index >= 15 is 0 Å². The number of aryl methyl sites for hydroxylation is 1. The number of benzene rings is 2. The molecule has 0 saturated carbocycles. The highest BCUT2D eigenvalue weighted by molar-refractivity contribution is 6.04. The van der Waals surface area contributed by atoms with Crippen LogP contribution in [-0.4, -0.2) is 12.5 Å². The van der Waals surface area contributed by atoms with Crippen LogP contribution in [0.2, 0.25) is 0 Å². The number of amides is 1. The van der Waals surface area contributed by atoms with E-state index in [1.165, 1.54) is 6.07 Å². The number of hydrogen-bond donors (Lipinski definition) is 2. The predicted octanol–water partition coefficient (Wildman–Crippen LogP) is 2.89. The Morgan fingerprint density at radius 3 is 2.50 bits per heavy atom. The Labute approximate surface area is 117 Å². The first kappa shape index (κ1) is 14.2. The Kier molecular flexibility index (Phi) is 4.48. The number of rotatable bonds is 4. The Morgan fingerprint density at radius 1 is 1.20 bits per heavy atom. The van der Waals surface area contributed by atoms with Crippen molar-refractivity contribution in [3.8, 4) is 0 Å². The Bertz CT molecular complexity index is 608. The van der Waals surface area contributed by atoms with E-state index in [-0.39, 0.29) is 11.7 Å². The van der Waals surface area contributed by atoms with E-state index in [0.29, 0.717) is 23.4 Å². The van der Waals surface area contributed by atoms with Crippen molar-refractivity contribution in [3.63, 3.8) is 0 Å². The summed E-state index contributed by atoms with van der Waals surface area (Å²) in [7, 11) is 0. The van der Waals surface area contributed by atoms with Crippen molar-refractivity contribution in [2.45, 2.75) is 13.3 Å². The second-order valence-corrected chi connectivity index (χ2v) is 4.65. The zero-order valence-electron chi connectivity index (χ0n) is 11.3.